The predicted octanol–water partition coefficient (Wildman–Crippen LogP) is 0.293. The highest BCUT2D eigenvalue weighted by atomic mass is 31.2. The van der Waals surface area contributed by atoms with E-state index in [4.69, 9.17) is 18.7 Å². The van der Waals surface area contributed by atoms with E-state index < -0.39 is 31.9 Å². The van der Waals surface area contributed by atoms with Crippen LogP contribution in [0.3, 0.4) is 0 Å². The highest BCUT2D eigenvalue weighted by Crippen LogP contribution is 2.54. The smallest absolute Gasteiger partial charge is 0.381 e. The van der Waals surface area contributed by atoms with Crippen molar-refractivity contribution in [2.75, 3.05) is 27.4 Å². The molecule has 2 bridgehead atoms. The standard InChI is InChI=1S/C13H18NO8P/c1-18-7-13-8-20-10(11(13)22-23(16,17)19-2)12(21-13)14-6-4-3-5-9(14)15/h3-6,10-12H,7-8H2,1-2H3,(H,16,17)/t10?,11-,12-,13+/m1/s1. The maximum atomic E-state index is 12.0. The van der Waals surface area contributed by atoms with Crippen molar-refractivity contribution < 1.29 is 32.7 Å². The Kier molecular flexibility index (Phi) is 4.45. The fourth-order valence-electron chi connectivity index (χ4n) is 2.96. The van der Waals surface area contributed by atoms with E-state index >= 15 is 0 Å². The Bertz CT molecular complexity index is 678. The zero-order valence-corrected chi connectivity index (χ0v) is 13.5. The number of hydrogen-bond donors (Lipinski definition) is 1. The molecule has 0 spiro atoms. The zero-order chi connectivity index (χ0) is 16.7. The van der Waals surface area contributed by atoms with Crippen LogP contribution in [-0.2, 0) is 27.8 Å². The van der Waals surface area contributed by atoms with Gasteiger partial charge in [-0.25, -0.2) is 4.57 Å². The summed E-state index contributed by atoms with van der Waals surface area (Å²) >= 11 is 0. The normalized spacial score (nSPS) is 35.3. The van der Waals surface area contributed by atoms with E-state index in [9.17, 15) is 14.3 Å². The van der Waals surface area contributed by atoms with Gasteiger partial charge in [-0.05, 0) is 6.07 Å². The Morgan fingerprint density at radius 2 is 2.26 bits per heavy atom. The van der Waals surface area contributed by atoms with Gasteiger partial charge in [0.1, 0.15) is 17.8 Å². The van der Waals surface area contributed by atoms with Gasteiger partial charge in [0.05, 0.1) is 13.2 Å². The number of methoxy groups -OCH3 is 1. The van der Waals surface area contributed by atoms with Crippen LogP contribution in [0.2, 0.25) is 0 Å². The highest BCUT2D eigenvalue weighted by molar-refractivity contribution is 7.47. The number of pyridine rings is 1. The first-order valence-electron chi connectivity index (χ1n) is 6.95. The van der Waals surface area contributed by atoms with Crippen molar-refractivity contribution in [2.24, 2.45) is 0 Å². The molecular formula is C13H18NO8P. The molecule has 2 fully saturated rings. The molecule has 1 aromatic heterocycles. The van der Waals surface area contributed by atoms with Crippen LogP contribution in [0.15, 0.2) is 29.2 Å². The van der Waals surface area contributed by atoms with Crippen LogP contribution in [0.25, 0.3) is 0 Å². The van der Waals surface area contributed by atoms with Crippen molar-refractivity contribution in [3.05, 3.63) is 34.7 Å². The minimum absolute atomic E-state index is 0.0793. The van der Waals surface area contributed by atoms with Crippen LogP contribution in [0.5, 0.6) is 0 Å². The van der Waals surface area contributed by atoms with E-state index in [2.05, 4.69) is 4.52 Å². The van der Waals surface area contributed by atoms with Crippen LogP contribution in [0.4, 0.5) is 0 Å². The predicted molar refractivity (Wildman–Crippen MR) is 76.9 cm³/mol. The van der Waals surface area contributed by atoms with Crippen LogP contribution in [0.1, 0.15) is 6.23 Å². The molecule has 2 aliphatic heterocycles. The van der Waals surface area contributed by atoms with E-state index in [-0.39, 0.29) is 18.8 Å². The van der Waals surface area contributed by atoms with Crippen molar-refractivity contribution in [3.8, 4) is 0 Å². The topological polar surface area (TPSA) is 105 Å². The molecule has 3 heterocycles. The first-order valence-corrected chi connectivity index (χ1v) is 8.44. The molecule has 10 heteroatoms. The minimum Gasteiger partial charge on any atom is -0.381 e. The molecule has 0 amide bonds. The van der Waals surface area contributed by atoms with Crippen LogP contribution >= 0.6 is 7.82 Å². The van der Waals surface area contributed by atoms with Crippen molar-refractivity contribution in [1.82, 2.24) is 4.57 Å². The SMILES string of the molecule is COC[C@@]12COC([C@H](n3ccccc3=O)O1)[C@H]2OP(=O)(O)OC. The summed E-state index contributed by atoms with van der Waals surface area (Å²) in [7, 11) is -1.71. The Hall–Kier alpha value is -1.06. The molecule has 1 N–H and O–H groups in total. The number of nitrogens with zero attached hydrogens (tertiary/aromatic N) is 1. The van der Waals surface area contributed by atoms with Gasteiger partial charge < -0.3 is 19.1 Å². The van der Waals surface area contributed by atoms with Crippen LogP contribution in [-0.4, -0.2) is 54.7 Å². The van der Waals surface area contributed by atoms with Gasteiger partial charge in [0.25, 0.3) is 5.56 Å². The monoisotopic (exact) mass is 347 g/mol. The molecule has 5 atom stereocenters. The van der Waals surface area contributed by atoms with E-state index in [1.54, 1.807) is 18.3 Å². The summed E-state index contributed by atoms with van der Waals surface area (Å²) in [5.41, 5.74) is -1.37. The third-order valence-corrected chi connectivity index (χ3v) is 4.92. The Balaban J connectivity index is 1.95. The van der Waals surface area contributed by atoms with Crippen LogP contribution in [0, 0.1) is 0 Å². The first-order chi connectivity index (χ1) is 10.9. The molecule has 0 aromatic carbocycles. The van der Waals surface area contributed by atoms with Gasteiger partial charge in [0.2, 0.25) is 0 Å². The van der Waals surface area contributed by atoms with Gasteiger partial charge in [0, 0.05) is 26.5 Å². The second-order valence-corrected chi connectivity index (χ2v) is 6.92. The summed E-state index contributed by atoms with van der Waals surface area (Å²) in [6, 6.07) is 4.68. The quantitative estimate of drug-likeness (QED) is 0.732. The summed E-state index contributed by atoms with van der Waals surface area (Å²) in [6.07, 6.45) is -0.866. The summed E-state index contributed by atoms with van der Waals surface area (Å²) in [4.78, 5) is 21.7. The van der Waals surface area contributed by atoms with E-state index in [0.29, 0.717) is 0 Å². The van der Waals surface area contributed by atoms with Crippen molar-refractivity contribution in [2.45, 2.75) is 24.0 Å². The molecule has 0 aliphatic carbocycles. The van der Waals surface area contributed by atoms with Gasteiger partial charge >= 0.3 is 7.82 Å². The summed E-state index contributed by atoms with van der Waals surface area (Å²) in [5, 5.41) is 0. The minimum atomic E-state index is -4.26. The molecule has 0 saturated carbocycles. The molecule has 9 nitrogen and oxygen atoms in total. The van der Waals surface area contributed by atoms with Crippen LogP contribution < -0.4 is 5.56 Å². The zero-order valence-electron chi connectivity index (χ0n) is 12.7. The molecule has 23 heavy (non-hydrogen) atoms. The third-order valence-electron chi connectivity index (χ3n) is 3.96. The maximum absolute atomic E-state index is 12.0. The number of aromatic nitrogens is 1. The van der Waals surface area contributed by atoms with Crippen molar-refractivity contribution in [1.29, 1.82) is 0 Å². The number of fused-ring (bicyclic) bond motifs is 2. The highest BCUT2D eigenvalue weighted by Gasteiger charge is 2.64. The lowest BCUT2D eigenvalue weighted by Crippen LogP contribution is -2.45. The lowest BCUT2D eigenvalue weighted by atomic mass is 10.0. The Labute approximate surface area is 132 Å². The van der Waals surface area contributed by atoms with Crippen molar-refractivity contribution in [3.63, 3.8) is 0 Å². The average Bonchev–Trinajstić information content (AvgIpc) is 2.99. The van der Waals surface area contributed by atoms with Gasteiger partial charge in [0.15, 0.2) is 6.23 Å². The molecule has 2 unspecified atom stereocenters. The number of rotatable bonds is 6. The summed E-state index contributed by atoms with van der Waals surface area (Å²) in [6.45, 7) is 0.202. The lowest BCUT2D eigenvalue weighted by Gasteiger charge is -2.31. The number of phosphoric ester groups is 1. The van der Waals surface area contributed by atoms with Gasteiger partial charge in [-0.2, -0.15) is 0 Å². The van der Waals surface area contributed by atoms with Crippen molar-refractivity contribution >= 4 is 7.82 Å². The molecule has 128 valence electrons. The summed E-state index contributed by atoms with van der Waals surface area (Å²) in [5.74, 6) is 0. The Morgan fingerprint density at radius 3 is 2.91 bits per heavy atom. The van der Waals surface area contributed by atoms with E-state index in [1.165, 1.54) is 17.7 Å². The molecule has 0 radical (unpaired) electrons. The average molecular weight is 347 g/mol. The fourth-order valence-corrected chi connectivity index (χ4v) is 3.64. The summed E-state index contributed by atoms with van der Waals surface area (Å²) < 4.78 is 39.6. The van der Waals surface area contributed by atoms with E-state index in [1.807, 2.05) is 0 Å². The lowest BCUT2D eigenvalue weighted by molar-refractivity contribution is -0.190. The maximum Gasteiger partial charge on any atom is 0.472 e. The second kappa shape index (κ2) is 6.10. The molecule has 2 aliphatic rings. The third kappa shape index (κ3) is 2.89. The fraction of sp³-hybridized carbons (Fsp3) is 0.615. The molecule has 2 saturated heterocycles. The number of hydrogen-bond acceptors (Lipinski definition) is 7. The number of ether oxygens (including phenoxy) is 3. The van der Waals surface area contributed by atoms with E-state index in [0.717, 1.165) is 7.11 Å². The van der Waals surface area contributed by atoms with Gasteiger partial charge in [-0.3, -0.25) is 18.4 Å². The molecule has 3 rings (SSSR count). The first kappa shape index (κ1) is 16.8. The molecule has 1 aromatic rings. The van der Waals surface area contributed by atoms with Gasteiger partial charge in [-0.1, -0.05) is 6.07 Å². The Morgan fingerprint density at radius 1 is 1.48 bits per heavy atom. The second-order valence-electron chi connectivity index (χ2n) is 5.41. The largest absolute Gasteiger partial charge is 0.472 e. The van der Waals surface area contributed by atoms with Gasteiger partial charge in [-0.15, -0.1) is 0 Å². The number of phosphoric acid groups is 1. The molecular weight excluding hydrogens is 329 g/mol.